The molecule has 7 atom stereocenters. The first kappa shape index (κ1) is 38.2. The van der Waals surface area contributed by atoms with Crippen molar-refractivity contribution in [2.45, 2.75) is 204 Å². The number of cyclic esters (lactones) is 1. The zero-order chi connectivity index (χ0) is 31.5. The highest BCUT2D eigenvalue weighted by Crippen LogP contribution is 2.29. The van der Waals surface area contributed by atoms with Crippen molar-refractivity contribution in [2.75, 3.05) is 0 Å². The van der Waals surface area contributed by atoms with E-state index < -0.39 is 30.1 Å². The fourth-order valence-corrected chi connectivity index (χ4v) is 6.45. The molecule has 2 heterocycles. The number of aliphatic hydroxyl groups is 5. The van der Waals surface area contributed by atoms with Crippen molar-refractivity contribution in [1.82, 2.24) is 0 Å². The van der Waals surface area contributed by atoms with Crippen LogP contribution >= 0.6 is 0 Å². The molecule has 1 saturated heterocycles. The first-order valence-corrected chi connectivity index (χ1v) is 17.7. The van der Waals surface area contributed by atoms with Gasteiger partial charge in [0.2, 0.25) is 5.79 Å². The lowest BCUT2D eigenvalue weighted by Crippen LogP contribution is -2.31. The standard InChI is InChI=1S/C35H64O8/c1-3-4-5-6-7-8-9-10-11-15-21-30(38)32-23-24-33(42-32)31(39)22-17-16-19-28(36)18-13-12-14-20-29(37)25-27-26-35(2,41)43-34(27)40/h26,28-33,36-39,41H,3-25H2,1-2H3/t28?,29-,30-,31+,32-,33+,35?/m0/s1. The summed E-state index contributed by atoms with van der Waals surface area (Å²) in [7, 11) is 0. The van der Waals surface area contributed by atoms with Crippen molar-refractivity contribution >= 4 is 5.97 Å². The number of unbranched alkanes of at least 4 members (excludes halogenated alkanes) is 12. The molecule has 0 saturated carbocycles. The molecule has 43 heavy (non-hydrogen) atoms. The Balaban J connectivity index is 1.42. The summed E-state index contributed by atoms with van der Waals surface area (Å²) in [5.41, 5.74) is 0.314. The normalized spacial score (nSPS) is 25.0. The highest BCUT2D eigenvalue weighted by atomic mass is 16.7. The number of carbonyl (C=O) groups is 1. The second kappa shape index (κ2) is 21.7. The first-order valence-electron chi connectivity index (χ1n) is 17.7. The second-order valence-corrected chi connectivity index (χ2v) is 13.4. The fourth-order valence-electron chi connectivity index (χ4n) is 6.45. The minimum atomic E-state index is -1.58. The average molecular weight is 613 g/mol. The molecular formula is C35H64O8. The summed E-state index contributed by atoms with van der Waals surface area (Å²) in [4.78, 5) is 11.7. The van der Waals surface area contributed by atoms with E-state index in [1.165, 1.54) is 70.8 Å². The van der Waals surface area contributed by atoms with E-state index in [4.69, 9.17) is 9.47 Å². The quantitative estimate of drug-likeness (QED) is 0.0561. The van der Waals surface area contributed by atoms with Crippen LogP contribution in [0.3, 0.4) is 0 Å². The Bertz CT molecular complexity index is 769. The van der Waals surface area contributed by atoms with E-state index in [0.29, 0.717) is 31.3 Å². The molecule has 0 aromatic rings. The highest BCUT2D eigenvalue weighted by molar-refractivity contribution is 5.91. The van der Waals surface area contributed by atoms with Crippen LogP contribution in [0.1, 0.15) is 162 Å². The van der Waals surface area contributed by atoms with Gasteiger partial charge in [0.15, 0.2) is 0 Å². The Hall–Kier alpha value is -1.03. The molecule has 5 N–H and O–H groups in total. The minimum absolute atomic E-state index is 0.159. The molecule has 0 radical (unpaired) electrons. The van der Waals surface area contributed by atoms with Gasteiger partial charge in [-0.2, -0.15) is 0 Å². The Kier molecular flexibility index (Phi) is 19.2. The SMILES string of the molecule is CCCCCCCCCCCC[C@H](O)[C@@H]1CC[C@H]([C@H](O)CCCCC(O)CCCCC[C@H](O)CC2=CC(C)(O)OC2=O)O1. The fraction of sp³-hybridized carbons (Fsp3) is 0.914. The molecule has 8 nitrogen and oxygen atoms in total. The Morgan fingerprint density at radius 1 is 0.698 bits per heavy atom. The largest absolute Gasteiger partial charge is 0.426 e. The van der Waals surface area contributed by atoms with Gasteiger partial charge in [-0.15, -0.1) is 0 Å². The molecule has 0 spiro atoms. The molecule has 2 aliphatic heterocycles. The molecule has 8 heteroatoms. The van der Waals surface area contributed by atoms with E-state index >= 15 is 0 Å². The van der Waals surface area contributed by atoms with Crippen LogP contribution in [-0.4, -0.2) is 73.9 Å². The Labute approximate surface area is 261 Å². The highest BCUT2D eigenvalue weighted by Gasteiger charge is 2.35. The lowest BCUT2D eigenvalue weighted by molar-refractivity contribution is -0.173. The molecule has 0 aromatic heterocycles. The maximum Gasteiger partial charge on any atom is 0.336 e. The number of rotatable bonds is 26. The maximum absolute atomic E-state index is 11.7. The molecule has 0 amide bonds. The molecular weight excluding hydrogens is 548 g/mol. The Morgan fingerprint density at radius 3 is 1.63 bits per heavy atom. The number of ether oxygens (including phenoxy) is 2. The monoisotopic (exact) mass is 612 g/mol. The topological polar surface area (TPSA) is 137 Å². The van der Waals surface area contributed by atoms with Crippen LogP contribution < -0.4 is 0 Å². The number of esters is 1. The molecule has 252 valence electrons. The van der Waals surface area contributed by atoms with Gasteiger partial charge >= 0.3 is 5.97 Å². The van der Waals surface area contributed by atoms with Gasteiger partial charge in [-0.1, -0.05) is 103 Å². The Morgan fingerprint density at radius 2 is 1.12 bits per heavy atom. The summed E-state index contributed by atoms with van der Waals surface area (Å²) >= 11 is 0. The zero-order valence-electron chi connectivity index (χ0n) is 27.3. The molecule has 2 aliphatic rings. The minimum Gasteiger partial charge on any atom is -0.426 e. The van der Waals surface area contributed by atoms with Crippen LogP contribution in [0, 0.1) is 0 Å². The predicted molar refractivity (Wildman–Crippen MR) is 169 cm³/mol. The summed E-state index contributed by atoms with van der Waals surface area (Å²) < 4.78 is 10.9. The number of hydrogen-bond acceptors (Lipinski definition) is 8. The van der Waals surface area contributed by atoms with Crippen molar-refractivity contribution in [1.29, 1.82) is 0 Å². The summed E-state index contributed by atoms with van der Waals surface area (Å²) in [6.45, 7) is 3.64. The number of aliphatic hydroxyl groups excluding tert-OH is 4. The first-order chi connectivity index (χ1) is 20.6. The van der Waals surface area contributed by atoms with Crippen LogP contribution in [0.5, 0.6) is 0 Å². The summed E-state index contributed by atoms with van der Waals surface area (Å²) in [5.74, 6) is -2.16. The van der Waals surface area contributed by atoms with E-state index in [2.05, 4.69) is 6.92 Å². The van der Waals surface area contributed by atoms with Crippen molar-refractivity contribution in [3.05, 3.63) is 11.6 Å². The van der Waals surface area contributed by atoms with E-state index in [9.17, 15) is 30.3 Å². The third kappa shape index (κ3) is 16.7. The third-order valence-electron chi connectivity index (χ3n) is 9.12. The van der Waals surface area contributed by atoms with E-state index in [1.807, 2.05) is 0 Å². The van der Waals surface area contributed by atoms with Gasteiger partial charge < -0.3 is 35.0 Å². The molecule has 0 aromatic carbocycles. The van der Waals surface area contributed by atoms with Crippen LogP contribution in [-0.2, 0) is 14.3 Å². The molecule has 0 aliphatic carbocycles. The van der Waals surface area contributed by atoms with Gasteiger partial charge in [0.05, 0.1) is 36.6 Å². The predicted octanol–water partition coefficient (Wildman–Crippen LogP) is 6.38. The molecule has 2 rings (SSSR count). The summed E-state index contributed by atoms with van der Waals surface area (Å²) in [5, 5.41) is 51.5. The van der Waals surface area contributed by atoms with E-state index in [1.54, 1.807) is 0 Å². The third-order valence-corrected chi connectivity index (χ3v) is 9.12. The second-order valence-electron chi connectivity index (χ2n) is 13.4. The average Bonchev–Trinajstić information content (AvgIpc) is 3.55. The van der Waals surface area contributed by atoms with Crippen molar-refractivity contribution in [3.8, 4) is 0 Å². The van der Waals surface area contributed by atoms with Crippen LogP contribution in [0.2, 0.25) is 0 Å². The van der Waals surface area contributed by atoms with E-state index in [-0.39, 0.29) is 24.7 Å². The van der Waals surface area contributed by atoms with Crippen molar-refractivity contribution < 1.29 is 39.8 Å². The zero-order valence-corrected chi connectivity index (χ0v) is 27.3. The summed E-state index contributed by atoms with van der Waals surface area (Å²) in [6, 6.07) is 0. The van der Waals surface area contributed by atoms with Gasteiger partial charge in [-0.3, -0.25) is 0 Å². The van der Waals surface area contributed by atoms with Gasteiger partial charge in [0.25, 0.3) is 0 Å². The van der Waals surface area contributed by atoms with Gasteiger partial charge in [-0.25, -0.2) is 4.79 Å². The smallest absolute Gasteiger partial charge is 0.336 e. The molecule has 1 fully saturated rings. The lowest BCUT2D eigenvalue weighted by atomic mass is 9.99. The van der Waals surface area contributed by atoms with Crippen LogP contribution in [0.15, 0.2) is 11.6 Å². The van der Waals surface area contributed by atoms with E-state index in [0.717, 1.165) is 57.8 Å². The number of carbonyl (C=O) groups excluding carboxylic acids is 1. The van der Waals surface area contributed by atoms with Gasteiger partial charge in [0.1, 0.15) is 0 Å². The maximum atomic E-state index is 11.7. The van der Waals surface area contributed by atoms with Gasteiger partial charge in [0, 0.05) is 18.9 Å². The summed E-state index contributed by atoms with van der Waals surface area (Å²) in [6.07, 6.45) is 21.3. The van der Waals surface area contributed by atoms with Crippen LogP contribution in [0.25, 0.3) is 0 Å². The lowest BCUT2D eigenvalue weighted by Gasteiger charge is -2.22. The molecule has 0 bridgehead atoms. The van der Waals surface area contributed by atoms with Crippen molar-refractivity contribution in [3.63, 3.8) is 0 Å². The van der Waals surface area contributed by atoms with Crippen molar-refractivity contribution in [2.24, 2.45) is 0 Å². The van der Waals surface area contributed by atoms with Gasteiger partial charge in [-0.05, 0) is 51.0 Å². The van der Waals surface area contributed by atoms with Crippen LogP contribution in [0.4, 0.5) is 0 Å². The number of hydrogen-bond donors (Lipinski definition) is 5. The molecule has 2 unspecified atom stereocenters.